The van der Waals surface area contributed by atoms with Gasteiger partial charge in [0.1, 0.15) is 17.3 Å². The van der Waals surface area contributed by atoms with Gasteiger partial charge >= 0.3 is 5.97 Å². The molecule has 2 aromatic carbocycles. The Morgan fingerprint density at radius 1 is 1.18 bits per heavy atom. The molecule has 2 aromatic heterocycles. The minimum absolute atomic E-state index is 0.0840. The third-order valence-corrected chi connectivity index (χ3v) is 7.20. The average molecular weight is 546 g/mol. The number of nitro groups is 1. The summed E-state index contributed by atoms with van der Waals surface area (Å²) in [5, 5.41) is 11.4. The number of carbonyl (C=O) groups excluding carboxylic acids is 1. The predicted octanol–water partition coefficient (Wildman–Crippen LogP) is 3.98. The van der Waals surface area contributed by atoms with Crippen LogP contribution in [0.15, 0.2) is 86.1 Å². The zero-order valence-corrected chi connectivity index (χ0v) is 22.1. The van der Waals surface area contributed by atoms with Crippen LogP contribution in [0.2, 0.25) is 0 Å². The molecule has 3 heterocycles. The monoisotopic (exact) mass is 545 g/mol. The molecule has 4 aromatic rings. The first-order valence-electron chi connectivity index (χ1n) is 12.0. The molecular formula is C28H23N3O7S. The molecule has 1 unspecified atom stereocenters. The van der Waals surface area contributed by atoms with Crippen LogP contribution >= 0.6 is 11.3 Å². The molecule has 0 aliphatic carbocycles. The summed E-state index contributed by atoms with van der Waals surface area (Å²) in [4.78, 5) is 42.7. The largest absolute Gasteiger partial charge is 0.497 e. The molecule has 0 N–H and O–H groups in total. The number of para-hydroxylation sites is 1. The van der Waals surface area contributed by atoms with Crippen LogP contribution in [0.4, 0.5) is 5.69 Å². The van der Waals surface area contributed by atoms with Crippen molar-refractivity contribution in [3.8, 4) is 17.1 Å². The molecule has 1 aliphatic heterocycles. The fourth-order valence-electron chi connectivity index (χ4n) is 4.44. The Bertz CT molecular complexity index is 1800. The average Bonchev–Trinajstić information content (AvgIpc) is 3.52. The molecule has 10 nitrogen and oxygen atoms in total. The number of rotatable bonds is 7. The number of hydrogen-bond acceptors (Lipinski definition) is 9. The quantitative estimate of drug-likeness (QED) is 0.195. The van der Waals surface area contributed by atoms with Crippen LogP contribution in [0.3, 0.4) is 0 Å². The summed E-state index contributed by atoms with van der Waals surface area (Å²) in [6.07, 6.45) is 1.57. The van der Waals surface area contributed by atoms with E-state index >= 15 is 0 Å². The lowest BCUT2D eigenvalue weighted by Crippen LogP contribution is -2.39. The van der Waals surface area contributed by atoms with Gasteiger partial charge in [-0.3, -0.25) is 19.5 Å². The van der Waals surface area contributed by atoms with Crippen molar-refractivity contribution >= 4 is 29.1 Å². The Hall–Kier alpha value is -4.77. The number of hydrogen-bond donors (Lipinski definition) is 0. The van der Waals surface area contributed by atoms with Gasteiger partial charge in [-0.1, -0.05) is 35.6 Å². The summed E-state index contributed by atoms with van der Waals surface area (Å²) in [6.45, 7) is 3.61. The maximum atomic E-state index is 13.7. The highest BCUT2D eigenvalue weighted by atomic mass is 32.1. The van der Waals surface area contributed by atoms with Crippen LogP contribution in [0.25, 0.3) is 17.4 Å². The van der Waals surface area contributed by atoms with Crippen LogP contribution in [-0.2, 0) is 9.53 Å². The van der Waals surface area contributed by atoms with Crippen LogP contribution in [0.1, 0.15) is 31.2 Å². The van der Waals surface area contributed by atoms with Crippen molar-refractivity contribution in [3.05, 3.63) is 113 Å². The third kappa shape index (κ3) is 4.79. The number of aromatic nitrogens is 1. The van der Waals surface area contributed by atoms with Gasteiger partial charge in [0.25, 0.3) is 11.2 Å². The fourth-order valence-corrected chi connectivity index (χ4v) is 5.47. The van der Waals surface area contributed by atoms with Gasteiger partial charge in [0.2, 0.25) is 0 Å². The molecular weight excluding hydrogens is 522 g/mol. The normalized spacial score (nSPS) is 15.1. The Morgan fingerprint density at radius 2 is 1.92 bits per heavy atom. The fraction of sp³-hybridized carbons (Fsp3) is 0.179. The summed E-state index contributed by atoms with van der Waals surface area (Å²) < 4.78 is 18.3. The lowest BCUT2D eigenvalue weighted by atomic mass is 9.96. The van der Waals surface area contributed by atoms with Crippen LogP contribution in [-0.4, -0.2) is 29.2 Å². The molecule has 0 spiro atoms. The summed E-state index contributed by atoms with van der Waals surface area (Å²) in [5.74, 6) is 0.736. The summed E-state index contributed by atoms with van der Waals surface area (Å²) in [6, 6.07) is 15.9. The molecule has 1 aliphatic rings. The van der Waals surface area contributed by atoms with E-state index in [9.17, 15) is 19.7 Å². The molecule has 0 amide bonds. The number of nitrogens with zero attached hydrogens (tertiary/aromatic N) is 3. The SMILES string of the molecule is CCOC(=O)C1=C(C)N=c2s/c(=C/c3ccc(-c4ccccc4[N+](=O)[O-])o3)c(=O)n2C1c1ccc(OC)cc1. The Balaban J connectivity index is 1.63. The molecule has 0 bridgehead atoms. The van der Waals surface area contributed by atoms with E-state index < -0.39 is 16.9 Å². The number of nitro benzene ring substituents is 1. The maximum absolute atomic E-state index is 13.7. The first-order chi connectivity index (χ1) is 18.8. The number of ether oxygens (including phenoxy) is 2. The van der Waals surface area contributed by atoms with E-state index in [1.54, 1.807) is 81.6 Å². The van der Waals surface area contributed by atoms with E-state index in [0.29, 0.717) is 43.4 Å². The number of allylic oxidation sites excluding steroid dienone is 1. The molecule has 0 fully saturated rings. The molecule has 198 valence electrons. The Morgan fingerprint density at radius 3 is 2.62 bits per heavy atom. The second-order valence-corrected chi connectivity index (χ2v) is 9.56. The number of benzene rings is 2. The van der Waals surface area contributed by atoms with Crippen molar-refractivity contribution in [3.63, 3.8) is 0 Å². The lowest BCUT2D eigenvalue weighted by Gasteiger charge is -2.24. The standard InChI is InChI=1S/C28H23N3O7S/c1-4-37-27(33)24-16(2)29-28-30(25(24)17-9-11-18(36-3)12-10-17)26(32)23(39-28)15-19-13-14-22(38-19)20-7-5-6-8-21(20)31(34)35/h5-15,25H,4H2,1-3H3/b23-15+. The highest BCUT2D eigenvalue weighted by Crippen LogP contribution is 2.32. The number of fused-ring (bicyclic) bond motifs is 1. The van der Waals surface area contributed by atoms with Gasteiger partial charge in [-0.25, -0.2) is 9.79 Å². The second-order valence-electron chi connectivity index (χ2n) is 8.55. The number of furan rings is 1. The zero-order chi connectivity index (χ0) is 27.7. The highest BCUT2D eigenvalue weighted by molar-refractivity contribution is 7.07. The van der Waals surface area contributed by atoms with Crippen molar-refractivity contribution in [2.45, 2.75) is 19.9 Å². The smallest absolute Gasteiger partial charge is 0.338 e. The van der Waals surface area contributed by atoms with Crippen molar-refractivity contribution in [1.29, 1.82) is 0 Å². The molecule has 1 atom stereocenters. The van der Waals surface area contributed by atoms with Gasteiger partial charge in [0, 0.05) is 12.1 Å². The Labute approximate surface area is 225 Å². The zero-order valence-electron chi connectivity index (χ0n) is 21.2. The minimum Gasteiger partial charge on any atom is -0.497 e. The molecule has 11 heteroatoms. The maximum Gasteiger partial charge on any atom is 0.338 e. The predicted molar refractivity (Wildman–Crippen MR) is 144 cm³/mol. The van der Waals surface area contributed by atoms with Crippen LogP contribution < -0.4 is 19.6 Å². The van der Waals surface area contributed by atoms with Gasteiger partial charge in [0.15, 0.2) is 4.80 Å². The molecule has 0 saturated heterocycles. The molecule has 39 heavy (non-hydrogen) atoms. The molecule has 5 rings (SSSR count). The van der Waals surface area contributed by atoms with E-state index in [0.717, 1.165) is 11.3 Å². The third-order valence-electron chi connectivity index (χ3n) is 6.21. The minimum atomic E-state index is -0.757. The van der Waals surface area contributed by atoms with Gasteiger partial charge < -0.3 is 13.9 Å². The molecule has 0 saturated carbocycles. The lowest BCUT2D eigenvalue weighted by molar-refractivity contribution is -0.384. The second kappa shape index (κ2) is 10.5. The number of carbonyl (C=O) groups is 1. The van der Waals surface area contributed by atoms with Crippen LogP contribution in [0, 0.1) is 10.1 Å². The van der Waals surface area contributed by atoms with E-state index in [1.165, 1.54) is 10.6 Å². The van der Waals surface area contributed by atoms with E-state index in [2.05, 4.69) is 4.99 Å². The van der Waals surface area contributed by atoms with Gasteiger partial charge in [-0.15, -0.1) is 0 Å². The van der Waals surface area contributed by atoms with Crippen molar-refractivity contribution in [2.24, 2.45) is 4.99 Å². The van der Waals surface area contributed by atoms with Gasteiger partial charge in [-0.05, 0) is 49.7 Å². The number of methoxy groups -OCH3 is 1. The van der Waals surface area contributed by atoms with E-state index in [-0.39, 0.29) is 23.4 Å². The summed E-state index contributed by atoms with van der Waals surface area (Å²) in [7, 11) is 1.56. The summed E-state index contributed by atoms with van der Waals surface area (Å²) in [5.41, 5.74) is 1.31. The van der Waals surface area contributed by atoms with Crippen molar-refractivity contribution in [1.82, 2.24) is 4.57 Å². The first kappa shape index (κ1) is 25.9. The highest BCUT2D eigenvalue weighted by Gasteiger charge is 2.33. The van der Waals surface area contributed by atoms with Gasteiger partial charge in [-0.2, -0.15) is 0 Å². The number of thiazole rings is 1. The van der Waals surface area contributed by atoms with Crippen molar-refractivity contribution < 1.29 is 23.6 Å². The van der Waals surface area contributed by atoms with Gasteiger partial charge in [0.05, 0.1) is 46.0 Å². The molecule has 0 radical (unpaired) electrons. The topological polar surface area (TPSA) is 126 Å². The van der Waals surface area contributed by atoms with Crippen molar-refractivity contribution in [2.75, 3.05) is 13.7 Å². The summed E-state index contributed by atoms with van der Waals surface area (Å²) >= 11 is 1.16. The number of esters is 1. The Kier molecular flexibility index (Phi) is 6.99. The first-order valence-corrected chi connectivity index (χ1v) is 12.8. The van der Waals surface area contributed by atoms with Crippen LogP contribution in [0.5, 0.6) is 5.75 Å². The van der Waals surface area contributed by atoms with E-state index in [1.807, 2.05) is 0 Å². The van der Waals surface area contributed by atoms with E-state index in [4.69, 9.17) is 13.9 Å².